The van der Waals surface area contributed by atoms with E-state index in [0.717, 1.165) is 9.87 Å². The second-order valence-corrected chi connectivity index (χ2v) is 11.8. The van der Waals surface area contributed by atoms with Gasteiger partial charge in [-0.25, -0.2) is 13.8 Å². The highest BCUT2D eigenvalue weighted by atomic mass is 35.5. The number of amides is 2. The molecule has 0 saturated heterocycles. The van der Waals surface area contributed by atoms with E-state index >= 15 is 0 Å². The Balaban J connectivity index is 1.30. The molecule has 0 bridgehead atoms. The highest BCUT2D eigenvalue weighted by molar-refractivity contribution is 7.89. The van der Waals surface area contributed by atoms with Crippen LogP contribution in [0.3, 0.4) is 0 Å². The number of nitrogens with zero attached hydrogens (tertiary/aromatic N) is 2. The van der Waals surface area contributed by atoms with E-state index in [0.29, 0.717) is 34.2 Å². The maximum Gasteiger partial charge on any atom is 0.262 e. The van der Waals surface area contributed by atoms with Crippen molar-refractivity contribution in [3.8, 4) is 11.5 Å². The quantitative estimate of drug-likeness (QED) is 0.152. The number of benzene rings is 4. The minimum atomic E-state index is -3.98. The number of hydrogen-bond donors (Lipinski definition) is 2. The van der Waals surface area contributed by atoms with Crippen molar-refractivity contribution in [2.24, 2.45) is 5.10 Å². The first-order chi connectivity index (χ1) is 21.2. The van der Waals surface area contributed by atoms with Gasteiger partial charge in [0, 0.05) is 17.3 Å². The van der Waals surface area contributed by atoms with Gasteiger partial charge in [0.15, 0.2) is 6.61 Å². The fraction of sp³-hybridized carbons (Fsp3) is 0.156. The summed E-state index contributed by atoms with van der Waals surface area (Å²) in [6.07, 6.45) is 1.84. The number of methoxy groups -OCH3 is 1. The van der Waals surface area contributed by atoms with Crippen LogP contribution in [0.2, 0.25) is 5.02 Å². The Hall–Kier alpha value is -4.71. The van der Waals surface area contributed by atoms with E-state index in [1.165, 1.54) is 30.5 Å². The number of rotatable bonds is 14. The molecule has 228 valence electrons. The topological polar surface area (TPSA) is 126 Å². The first kappa shape index (κ1) is 32.2. The van der Waals surface area contributed by atoms with E-state index in [1.54, 1.807) is 55.6 Å². The van der Waals surface area contributed by atoms with Crippen LogP contribution in [0.5, 0.6) is 11.5 Å². The Morgan fingerprint density at radius 2 is 1.52 bits per heavy atom. The standard InChI is InChI=1S/C32H31ClN4O6S/c1-42-28-15-11-27(12-16-28)35-32(39)23-43-29-13-7-25(8-14-29)21-34-36-31(38)22-37(20-19-24-5-3-2-4-6-24)44(40,41)30-17-9-26(33)10-18-30/h2-18,21H,19-20,22-23H2,1H3,(H,35,39)(H,36,38)/b34-21+. The second-order valence-electron chi connectivity index (χ2n) is 9.46. The smallest absolute Gasteiger partial charge is 0.262 e. The van der Waals surface area contributed by atoms with Crippen LogP contribution in [-0.2, 0) is 26.0 Å². The summed E-state index contributed by atoms with van der Waals surface area (Å²) in [4.78, 5) is 25.0. The fourth-order valence-electron chi connectivity index (χ4n) is 3.98. The predicted molar refractivity (Wildman–Crippen MR) is 170 cm³/mol. The van der Waals surface area contributed by atoms with Gasteiger partial charge in [-0.1, -0.05) is 41.9 Å². The van der Waals surface area contributed by atoms with Crippen LogP contribution in [0, 0.1) is 0 Å². The molecule has 2 amide bonds. The average molecular weight is 635 g/mol. The molecular weight excluding hydrogens is 604 g/mol. The zero-order valence-corrected chi connectivity index (χ0v) is 25.4. The predicted octanol–water partition coefficient (Wildman–Crippen LogP) is 4.75. The third-order valence-electron chi connectivity index (χ3n) is 6.29. The van der Waals surface area contributed by atoms with Gasteiger partial charge in [0.25, 0.3) is 11.8 Å². The molecular formula is C32H31ClN4O6S. The molecule has 0 aliphatic carbocycles. The summed E-state index contributed by atoms with van der Waals surface area (Å²) >= 11 is 5.93. The first-order valence-electron chi connectivity index (χ1n) is 13.5. The zero-order valence-electron chi connectivity index (χ0n) is 23.9. The van der Waals surface area contributed by atoms with Crippen molar-refractivity contribution in [1.82, 2.24) is 9.73 Å². The van der Waals surface area contributed by atoms with Gasteiger partial charge < -0.3 is 14.8 Å². The van der Waals surface area contributed by atoms with Crippen LogP contribution < -0.4 is 20.2 Å². The molecule has 0 aliphatic heterocycles. The Bertz CT molecular complexity index is 1670. The summed E-state index contributed by atoms with van der Waals surface area (Å²) in [7, 11) is -2.42. The molecule has 12 heteroatoms. The number of halogens is 1. The highest BCUT2D eigenvalue weighted by Crippen LogP contribution is 2.19. The van der Waals surface area contributed by atoms with Crippen LogP contribution in [-0.4, -0.2) is 57.6 Å². The first-order valence-corrected chi connectivity index (χ1v) is 15.3. The molecule has 0 heterocycles. The van der Waals surface area contributed by atoms with Gasteiger partial charge in [-0.3, -0.25) is 9.59 Å². The molecule has 4 rings (SSSR count). The molecule has 0 aliphatic rings. The van der Waals surface area contributed by atoms with Gasteiger partial charge in [-0.05, 0) is 90.3 Å². The van der Waals surface area contributed by atoms with Crippen LogP contribution in [0.15, 0.2) is 113 Å². The third-order valence-corrected chi connectivity index (χ3v) is 8.40. The van der Waals surface area contributed by atoms with E-state index in [9.17, 15) is 18.0 Å². The summed E-state index contributed by atoms with van der Waals surface area (Å²) in [6.45, 7) is -0.526. The molecule has 0 radical (unpaired) electrons. The molecule has 0 fully saturated rings. The van der Waals surface area contributed by atoms with Gasteiger partial charge in [-0.2, -0.15) is 9.41 Å². The Morgan fingerprint density at radius 3 is 2.18 bits per heavy atom. The molecule has 4 aromatic carbocycles. The molecule has 4 aromatic rings. The number of hydrazone groups is 1. The number of carbonyl (C=O) groups is 2. The highest BCUT2D eigenvalue weighted by Gasteiger charge is 2.26. The number of ether oxygens (including phenoxy) is 2. The van der Waals surface area contributed by atoms with Crippen LogP contribution >= 0.6 is 11.6 Å². The average Bonchev–Trinajstić information content (AvgIpc) is 3.03. The largest absolute Gasteiger partial charge is 0.497 e. The van der Waals surface area contributed by atoms with Crippen LogP contribution in [0.1, 0.15) is 11.1 Å². The number of anilines is 1. The SMILES string of the molecule is COc1ccc(NC(=O)COc2ccc(/C=N/NC(=O)CN(CCc3ccccc3)S(=O)(=O)c3ccc(Cl)cc3)cc2)cc1. The van der Waals surface area contributed by atoms with Crippen molar-refractivity contribution in [1.29, 1.82) is 0 Å². The molecule has 0 unspecified atom stereocenters. The molecule has 0 saturated carbocycles. The van der Waals surface area contributed by atoms with Crippen LogP contribution in [0.25, 0.3) is 0 Å². The third kappa shape index (κ3) is 9.66. The number of carbonyl (C=O) groups excluding carboxylic acids is 2. The Labute approximate surface area is 261 Å². The summed E-state index contributed by atoms with van der Waals surface area (Å²) in [5.41, 5.74) is 4.59. The maximum atomic E-state index is 13.4. The summed E-state index contributed by atoms with van der Waals surface area (Å²) in [5, 5.41) is 7.11. The lowest BCUT2D eigenvalue weighted by Crippen LogP contribution is -2.40. The van der Waals surface area contributed by atoms with Crippen molar-refractivity contribution in [2.75, 3.05) is 32.1 Å². The molecule has 2 N–H and O–H groups in total. The van der Waals surface area contributed by atoms with E-state index in [-0.39, 0.29) is 24.0 Å². The van der Waals surface area contributed by atoms with Gasteiger partial charge >= 0.3 is 0 Å². The van der Waals surface area contributed by atoms with Gasteiger partial charge in [0.1, 0.15) is 11.5 Å². The summed E-state index contributed by atoms with van der Waals surface area (Å²) in [5.74, 6) is 0.233. The minimum absolute atomic E-state index is 0.0341. The van der Waals surface area contributed by atoms with E-state index in [2.05, 4.69) is 15.8 Å². The van der Waals surface area contributed by atoms with Crippen molar-refractivity contribution in [3.05, 3.63) is 119 Å². The lowest BCUT2D eigenvalue weighted by Gasteiger charge is -2.21. The monoisotopic (exact) mass is 634 g/mol. The zero-order chi connectivity index (χ0) is 31.4. The Morgan fingerprint density at radius 1 is 0.864 bits per heavy atom. The molecule has 0 spiro atoms. The fourth-order valence-corrected chi connectivity index (χ4v) is 5.51. The normalized spacial score (nSPS) is 11.3. The summed E-state index contributed by atoms with van der Waals surface area (Å²) in [6, 6.07) is 28.8. The van der Waals surface area contributed by atoms with Crippen molar-refractivity contribution in [2.45, 2.75) is 11.3 Å². The van der Waals surface area contributed by atoms with Crippen molar-refractivity contribution in [3.63, 3.8) is 0 Å². The summed E-state index contributed by atoms with van der Waals surface area (Å²) < 4.78 is 38.5. The van der Waals surface area contributed by atoms with Gasteiger partial charge in [0.2, 0.25) is 10.0 Å². The maximum absolute atomic E-state index is 13.4. The van der Waals surface area contributed by atoms with Crippen LogP contribution in [0.4, 0.5) is 5.69 Å². The van der Waals surface area contributed by atoms with E-state index < -0.39 is 22.5 Å². The molecule has 0 aromatic heterocycles. The number of hydrogen-bond acceptors (Lipinski definition) is 7. The second kappa shape index (κ2) is 15.7. The molecule has 44 heavy (non-hydrogen) atoms. The molecule has 10 nitrogen and oxygen atoms in total. The van der Waals surface area contributed by atoms with Crippen molar-refractivity contribution < 1.29 is 27.5 Å². The van der Waals surface area contributed by atoms with E-state index in [1.807, 2.05) is 30.3 Å². The lowest BCUT2D eigenvalue weighted by molar-refractivity contribution is -0.121. The van der Waals surface area contributed by atoms with Gasteiger partial charge in [-0.15, -0.1) is 0 Å². The Kier molecular flexibility index (Phi) is 11.5. The number of sulfonamides is 1. The number of nitrogens with one attached hydrogen (secondary N) is 2. The molecule has 0 atom stereocenters. The van der Waals surface area contributed by atoms with Crippen molar-refractivity contribution >= 4 is 45.3 Å². The van der Waals surface area contributed by atoms with Gasteiger partial charge in [0.05, 0.1) is 24.8 Å². The van der Waals surface area contributed by atoms with E-state index in [4.69, 9.17) is 21.1 Å². The lowest BCUT2D eigenvalue weighted by atomic mass is 10.1. The minimum Gasteiger partial charge on any atom is -0.497 e.